The average Bonchev–Trinajstić information content (AvgIpc) is 2.64. The van der Waals surface area contributed by atoms with Crippen LogP contribution in [0.2, 0.25) is 0 Å². The Hall–Kier alpha value is -2.21. The van der Waals surface area contributed by atoms with Crippen molar-refractivity contribution in [2.24, 2.45) is 5.41 Å². The summed E-state index contributed by atoms with van der Waals surface area (Å²) in [5, 5.41) is 10.1. The van der Waals surface area contributed by atoms with Crippen molar-refractivity contribution in [2.45, 2.75) is 19.3 Å². The first kappa shape index (κ1) is 16.6. The maximum absolute atomic E-state index is 14.0. The molecule has 0 amide bonds. The van der Waals surface area contributed by atoms with E-state index in [4.69, 9.17) is 4.74 Å². The van der Waals surface area contributed by atoms with Crippen molar-refractivity contribution >= 4 is 5.82 Å². The molecule has 1 atom stereocenters. The molecule has 0 spiro atoms. The number of aliphatic hydroxyl groups is 1. The van der Waals surface area contributed by atoms with E-state index in [1.807, 2.05) is 6.07 Å². The van der Waals surface area contributed by atoms with Gasteiger partial charge in [-0.25, -0.2) is 14.4 Å². The Morgan fingerprint density at radius 1 is 1.33 bits per heavy atom. The van der Waals surface area contributed by atoms with Crippen molar-refractivity contribution in [3.05, 3.63) is 48.0 Å². The number of piperidine rings is 1. The number of halogens is 1. The van der Waals surface area contributed by atoms with Gasteiger partial charge >= 0.3 is 0 Å². The second-order valence-electron chi connectivity index (χ2n) is 6.37. The zero-order chi connectivity index (χ0) is 17.0. The van der Waals surface area contributed by atoms with E-state index in [1.54, 1.807) is 25.3 Å². The lowest BCUT2D eigenvalue weighted by molar-refractivity contribution is 0.104. The molecule has 1 aliphatic heterocycles. The van der Waals surface area contributed by atoms with Crippen LogP contribution in [0.15, 0.2) is 36.7 Å². The molecule has 1 N–H and O–H groups in total. The van der Waals surface area contributed by atoms with Gasteiger partial charge < -0.3 is 14.7 Å². The van der Waals surface area contributed by atoms with Crippen molar-refractivity contribution in [1.82, 2.24) is 9.97 Å². The molecule has 0 radical (unpaired) electrons. The summed E-state index contributed by atoms with van der Waals surface area (Å²) in [5.41, 5.74) is 0.271. The highest BCUT2D eigenvalue weighted by molar-refractivity contribution is 5.42. The van der Waals surface area contributed by atoms with Crippen LogP contribution in [0.3, 0.4) is 0 Å². The Labute approximate surface area is 141 Å². The van der Waals surface area contributed by atoms with Gasteiger partial charge in [-0.3, -0.25) is 0 Å². The topological polar surface area (TPSA) is 58.5 Å². The summed E-state index contributed by atoms with van der Waals surface area (Å²) >= 11 is 0. The number of hydrogen-bond acceptors (Lipinski definition) is 5. The number of ether oxygens (including phenoxy) is 1. The Morgan fingerprint density at radius 2 is 2.17 bits per heavy atom. The summed E-state index contributed by atoms with van der Waals surface area (Å²) < 4.78 is 19.2. The lowest BCUT2D eigenvalue weighted by atomic mass is 9.75. The Kier molecular flexibility index (Phi) is 4.94. The first-order valence-electron chi connectivity index (χ1n) is 8.11. The minimum atomic E-state index is -0.376. The molecule has 0 aliphatic carbocycles. The van der Waals surface area contributed by atoms with Gasteiger partial charge in [0.15, 0.2) is 0 Å². The molecule has 0 saturated carbocycles. The lowest BCUT2D eigenvalue weighted by Gasteiger charge is -2.42. The number of aromatic nitrogens is 2. The van der Waals surface area contributed by atoms with Crippen molar-refractivity contribution in [3.8, 4) is 5.88 Å². The Morgan fingerprint density at radius 3 is 2.92 bits per heavy atom. The van der Waals surface area contributed by atoms with Crippen molar-refractivity contribution in [1.29, 1.82) is 0 Å². The summed E-state index contributed by atoms with van der Waals surface area (Å²) in [6.45, 7) is 1.48. The highest BCUT2D eigenvalue weighted by Crippen LogP contribution is 2.35. The Balaban J connectivity index is 1.82. The standard InChI is InChI=1S/C18H22FN3O2/c1-24-17-9-16(20-13-21-17)22-8-4-7-18(11-22,12-23)10-14-5-2-3-6-15(14)19/h2-3,5-6,9,13,23H,4,7-8,10-12H2,1H3/t18-/m0/s1. The van der Waals surface area contributed by atoms with E-state index in [0.29, 0.717) is 24.4 Å². The molecule has 1 saturated heterocycles. The predicted molar refractivity (Wildman–Crippen MR) is 89.7 cm³/mol. The molecule has 5 nitrogen and oxygen atoms in total. The molecule has 0 unspecified atom stereocenters. The van der Waals surface area contributed by atoms with Crippen molar-refractivity contribution < 1.29 is 14.2 Å². The smallest absolute Gasteiger partial charge is 0.218 e. The van der Waals surface area contributed by atoms with Crippen LogP contribution in [0.25, 0.3) is 0 Å². The van der Waals surface area contributed by atoms with Crippen LogP contribution in [0.4, 0.5) is 10.2 Å². The van der Waals surface area contributed by atoms with Crippen LogP contribution >= 0.6 is 0 Å². The van der Waals surface area contributed by atoms with Gasteiger partial charge in [0.1, 0.15) is 18.0 Å². The van der Waals surface area contributed by atoms with E-state index >= 15 is 0 Å². The number of anilines is 1. The van der Waals surface area contributed by atoms with E-state index < -0.39 is 0 Å². The number of aliphatic hydroxyl groups excluding tert-OH is 1. The maximum Gasteiger partial charge on any atom is 0.218 e. The van der Waals surface area contributed by atoms with E-state index in [0.717, 1.165) is 25.2 Å². The normalized spacial score (nSPS) is 20.9. The van der Waals surface area contributed by atoms with Gasteiger partial charge in [0.25, 0.3) is 0 Å². The zero-order valence-corrected chi connectivity index (χ0v) is 13.8. The number of benzene rings is 1. The molecule has 6 heteroatoms. The third-order valence-corrected chi connectivity index (χ3v) is 4.68. The SMILES string of the molecule is COc1cc(N2CCC[C@](CO)(Cc3ccccc3F)C2)ncn1. The highest BCUT2D eigenvalue weighted by Gasteiger charge is 2.36. The second kappa shape index (κ2) is 7.13. The Bertz CT molecular complexity index is 697. The summed E-state index contributed by atoms with van der Waals surface area (Å²) in [6, 6.07) is 8.57. The van der Waals surface area contributed by atoms with Gasteiger partial charge in [-0.2, -0.15) is 0 Å². The van der Waals surface area contributed by atoms with E-state index in [2.05, 4.69) is 14.9 Å². The largest absolute Gasteiger partial charge is 0.481 e. The molecular weight excluding hydrogens is 309 g/mol. The van der Waals surface area contributed by atoms with Gasteiger partial charge in [0, 0.05) is 24.6 Å². The zero-order valence-electron chi connectivity index (χ0n) is 13.8. The van der Waals surface area contributed by atoms with E-state index in [-0.39, 0.29) is 17.8 Å². The maximum atomic E-state index is 14.0. The third-order valence-electron chi connectivity index (χ3n) is 4.68. The van der Waals surface area contributed by atoms with Crippen LogP contribution in [-0.2, 0) is 6.42 Å². The van der Waals surface area contributed by atoms with Crippen LogP contribution in [0.1, 0.15) is 18.4 Å². The average molecular weight is 331 g/mol. The molecule has 2 aromatic rings. The minimum Gasteiger partial charge on any atom is -0.481 e. The molecule has 1 aromatic carbocycles. The number of rotatable bonds is 5. The van der Waals surface area contributed by atoms with Gasteiger partial charge in [-0.05, 0) is 30.9 Å². The molecule has 3 rings (SSSR count). The lowest BCUT2D eigenvalue weighted by Crippen LogP contribution is -2.47. The molecule has 24 heavy (non-hydrogen) atoms. The molecular formula is C18H22FN3O2. The fourth-order valence-electron chi connectivity index (χ4n) is 3.39. The first-order chi connectivity index (χ1) is 11.7. The molecule has 1 aromatic heterocycles. The van der Waals surface area contributed by atoms with Crippen LogP contribution in [-0.4, -0.2) is 41.9 Å². The van der Waals surface area contributed by atoms with E-state index in [9.17, 15) is 9.50 Å². The fourth-order valence-corrected chi connectivity index (χ4v) is 3.39. The molecule has 1 fully saturated rings. The van der Waals surface area contributed by atoms with Crippen molar-refractivity contribution in [2.75, 3.05) is 31.7 Å². The van der Waals surface area contributed by atoms with Crippen LogP contribution < -0.4 is 9.64 Å². The fraction of sp³-hybridized carbons (Fsp3) is 0.444. The van der Waals surface area contributed by atoms with Gasteiger partial charge in [0.2, 0.25) is 5.88 Å². The molecule has 2 heterocycles. The monoisotopic (exact) mass is 331 g/mol. The second-order valence-corrected chi connectivity index (χ2v) is 6.37. The predicted octanol–water partition coefficient (Wildman–Crippen LogP) is 2.45. The van der Waals surface area contributed by atoms with Crippen LogP contribution in [0.5, 0.6) is 5.88 Å². The molecule has 1 aliphatic rings. The number of hydrogen-bond donors (Lipinski definition) is 1. The van der Waals surface area contributed by atoms with Crippen molar-refractivity contribution in [3.63, 3.8) is 0 Å². The highest BCUT2D eigenvalue weighted by atomic mass is 19.1. The van der Waals surface area contributed by atoms with E-state index in [1.165, 1.54) is 12.4 Å². The van der Waals surface area contributed by atoms with Gasteiger partial charge in [0.05, 0.1) is 13.7 Å². The number of nitrogens with zero attached hydrogens (tertiary/aromatic N) is 3. The quantitative estimate of drug-likeness (QED) is 0.912. The van der Waals surface area contributed by atoms with Gasteiger partial charge in [-0.15, -0.1) is 0 Å². The molecule has 0 bridgehead atoms. The first-order valence-corrected chi connectivity index (χ1v) is 8.11. The summed E-state index contributed by atoms with van der Waals surface area (Å²) in [4.78, 5) is 10.5. The van der Waals surface area contributed by atoms with Gasteiger partial charge in [-0.1, -0.05) is 18.2 Å². The minimum absolute atomic E-state index is 0.0139. The van der Waals surface area contributed by atoms with Crippen LogP contribution in [0, 0.1) is 11.2 Å². The summed E-state index contributed by atoms with van der Waals surface area (Å²) in [7, 11) is 1.57. The summed E-state index contributed by atoms with van der Waals surface area (Å²) in [6.07, 6.45) is 3.76. The summed E-state index contributed by atoms with van der Waals surface area (Å²) in [5.74, 6) is 1.06. The molecule has 128 valence electrons. The number of methoxy groups -OCH3 is 1. The third kappa shape index (κ3) is 3.48.